The summed E-state index contributed by atoms with van der Waals surface area (Å²) in [5.74, 6) is -0.851. The van der Waals surface area contributed by atoms with Crippen LogP contribution in [-0.4, -0.2) is 46.7 Å². The van der Waals surface area contributed by atoms with Gasteiger partial charge in [0.2, 0.25) is 0 Å². The van der Waals surface area contributed by atoms with Gasteiger partial charge in [-0.1, -0.05) is 24.3 Å². The molecule has 0 radical (unpaired) electrons. The highest BCUT2D eigenvalue weighted by Crippen LogP contribution is 2.30. The Kier molecular flexibility index (Phi) is 6.47. The summed E-state index contributed by atoms with van der Waals surface area (Å²) in [5, 5.41) is 12.3. The van der Waals surface area contributed by atoms with E-state index < -0.39 is 18.1 Å². The topological polar surface area (TPSA) is 75.6 Å². The fraction of sp³-hybridized carbons (Fsp3) is 0.529. The Labute approximate surface area is 140 Å². The van der Waals surface area contributed by atoms with Crippen molar-refractivity contribution in [3.05, 3.63) is 35.4 Å². The Morgan fingerprint density at radius 2 is 1.96 bits per heavy atom. The molecule has 0 aromatic heterocycles. The lowest BCUT2D eigenvalue weighted by molar-refractivity contribution is -0.146. The van der Waals surface area contributed by atoms with E-state index in [1.54, 1.807) is 18.7 Å². The lowest BCUT2D eigenvalue weighted by atomic mass is 10.1. The molecule has 2 atom stereocenters. The Morgan fingerprint density at radius 1 is 1.35 bits per heavy atom. The van der Waals surface area contributed by atoms with Crippen LogP contribution in [0.1, 0.15) is 25.0 Å². The number of carboxylic acids is 1. The molecule has 2 N–H and O–H groups in total. The molecule has 1 aliphatic rings. The molecule has 126 valence electrons. The van der Waals surface area contributed by atoms with Gasteiger partial charge < -0.3 is 9.84 Å². The van der Waals surface area contributed by atoms with Crippen LogP contribution in [0.3, 0.4) is 0 Å². The standard InChI is InChI=1S/C17H23NO4S/c1-3-22-17(21)15(18-11(2)16(19)20)10-23-14-8-12-6-4-5-7-13(12)9-14/h4-7,11,14-15,18H,3,8-10H2,1-2H3,(H,19,20)/t11-,15?/m0/s1. The number of carbonyl (C=O) groups excluding carboxylic acids is 1. The van der Waals surface area contributed by atoms with Crippen LogP contribution < -0.4 is 5.32 Å². The number of ether oxygens (including phenoxy) is 1. The van der Waals surface area contributed by atoms with Gasteiger partial charge in [0.05, 0.1) is 6.61 Å². The minimum Gasteiger partial charge on any atom is -0.480 e. The summed E-state index contributed by atoms with van der Waals surface area (Å²) in [6, 6.07) is 6.99. The summed E-state index contributed by atoms with van der Waals surface area (Å²) < 4.78 is 5.05. The van der Waals surface area contributed by atoms with Crippen LogP contribution in [0.4, 0.5) is 0 Å². The second-order valence-electron chi connectivity index (χ2n) is 5.66. The largest absolute Gasteiger partial charge is 0.480 e. The van der Waals surface area contributed by atoms with E-state index in [9.17, 15) is 9.59 Å². The molecular weight excluding hydrogens is 314 g/mol. The van der Waals surface area contributed by atoms with Crippen LogP contribution in [0.2, 0.25) is 0 Å². The van der Waals surface area contributed by atoms with Gasteiger partial charge in [0, 0.05) is 11.0 Å². The maximum Gasteiger partial charge on any atom is 0.324 e. The fourth-order valence-corrected chi connectivity index (χ4v) is 3.96. The number of hydrogen-bond donors (Lipinski definition) is 2. The first-order valence-corrected chi connectivity index (χ1v) is 8.90. The van der Waals surface area contributed by atoms with Crippen molar-refractivity contribution in [3.63, 3.8) is 0 Å². The molecule has 23 heavy (non-hydrogen) atoms. The highest BCUT2D eigenvalue weighted by Gasteiger charge is 2.27. The van der Waals surface area contributed by atoms with Gasteiger partial charge in [-0.05, 0) is 37.8 Å². The first-order chi connectivity index (χ1) is 11.0. The molecule has 0 saturated heterocycles. The molecule has 0 spiro atoms. The van der Waals surface area contributed by atoms with E-state index in [0.717, 1.165) is 12.8 Å². The minimum atomic E-state index is -0.974. The van der Waals surface area contributed by atoms with E-state index in [4.69, 9.17) is 9.84 Å². The molecule has 0 aliphatic heterocycles. The van der Waals surface area contributed by atoms with E-state index in [1.165, 1.54) is 18.1 Å². The molecule has 6 heteroatoms. The first kappa shape index (κ1) is 17.8. The zero-order chi connectivity index (χ0) is 16.8. The quantitative estimate of drug-likeness (QED) is 0.706. The first-order valence-electron chi connectivity index (χ1n) is 7.85. The number of nitrogens with one attached hydrogen (secondary N) is 1. The smallest absolute Gasteiger partial charge is 0.324 e. The van der Waals surface area contributed by atoms with Crippen molar-refractivity contribution in [2.24, 2.45) is 0 Å². The van der Waals surface area contributed by atoms with Gasteiger partial charge in [-0.15, -0.1) is 0 Å². The van der Waals surface area contributed by atoms with Crippen molar-refractivity contribution < 1.29 is 19.4 Å². The lowest BCUT2D eigenvalue weighted by Crippen LogP contribution is -2.48. The molecule has 5 nitrogen and oxygen atoms in total. The van der Waals surface area contributed by atoms with Crippen LogP contribution in [0, 0.1) is 0 Å². The summed E-state index contributed by atoms with van der Waals surface area (Å²) in [4.78, 5) is 23.0. The molecule has 0 bridgehead atoms. The third-order valence-corrected chi connectivity index (χ3v) is 5.24. The second kappa shape index (κ2) is 8.36. The summed E-state index contributed by atoms with van der Waals surface area (Å²) >= 11 is 1.70. The minimum absolute atomic E-state index is 0.290. The molecule has 0 heterocycles. The van der Waals surface area contributed by atoms with Crippen LogP contribution in [0.5, 0.6) is 0 Å². The summed E-state index contributed by atoms with van der Waals surface area (Å²) in [6.07, 6.45) is 1.98. The third kappa shape index (κ3) is 4.97. The highest BCUT2D eigenvalue weighted by molar-refractivity contribution is 8.00. The van der Waals surface area contributed by atoms with E-state index in [-0.39, 0.29) is 12.6 Å². The molecule has 1 aromatic rings. The maximum absolute atomic E-state index is 12.0. The van der Waals surface area contributed by atoms with Crippen molar-refractivity contribution in [2.75, 3.05) is 12.4 Å². The highest BCUT2D eigenvalue weighted by atomic mass is 32.2. The Bertz CT molecular complexity index is 538. The third-order valence-electron chi connectivity index (χ3n) is 3.90. The number of benzene rings is 1. The van der Waals surface area contributed by atoms with Crippen molar-refractivity contribution in [2.45, 2.75) is 44.0 Å². The van der Waals surface area contributed by atoms with Crippen molar-refractivity contribution in [1.82, 2.24) is 5.32 Å². The average molecular weight is 337 g/mol. The number of esters is 1. The number of rotatable bonds is 8. The van der Waals surface area contributed by atoms with Crippen LogP contribution >= 0.6 is 11.8 Å². The van der Waals surface area contributed by atoms with E-state index >= 15 is 0 Å². The van der Waals surface area contributed by atoms with E-state index in [2.05, 4.69) is 17.4 Å². The Morgan fingerprint density at radius 3 is 2.48 bits per heavy atom. The van der Waals surface area contributed by atoms with Crippen molar-refractivity contribution in [3.8, 4) is 0 Å². The normalized spacial score (nSPS) is 16.6. The molecule has 1 unspecified atom stereocenters. The molecule has 1 aliphatic carbocycles. The predicted molar refractivity (Wildman–Crippen MR) is 90.8 cm³/mol. The fourth-order valence-electron chi connectivity index (χ4n) is 2.67. The van der Waals surface area contributed by atoms with Gasteiger partial charge in [0.15, 0.2) is 0 Å². The second-order valence-corrected chi connectivity index (χ2v) is 7.00. The number of fused-ring (bicyclic) bond motifs is 1. The Balaban J connectivity index is 1.90. The summed E-state index contributed by atoms with van der Waals surface area (Å²) in [6.45, 7) is 3.57. The monoisotopic (exact) mass is 337 g/mol. The summed E-state index contributed by atoms with van der Waals surface area (Å²) in [5.41, 5.74) is 2.73. The van der Waals surface area contributed by atoms with Crippen LogP contribution in [-0.2, 0) is 27.2 Å². The number of thioether (sulfide) groups is 1. The summed E-state index contributed by atoms with van der Waals surface area (Å²) in [7, 11) is 0. The van der Waals surface area contributed by atoms with Crippen molar-refractivity contribution >= 4 is 23.7 Å². The number of aliphatic carboxylic acids is 1. The Hall–Kier alpha value is -1.53. The molecule has 2 rings (SSSR count). The van der Waals surface area contributed by atoms with Gasteiger partial charge >= 0.3 is 11.9 Å². The van der Waals surface area contributed by atoms with Crippen molar-refractivity contribution in [1.29, 1.82) is 0 Å². The van der Waals surface area contributed by atoms with Gasteiger partial charge in [0.1, 0.15) is 12.1 Å². The molecule has 0 fully saturated rings. The predicted octanol–water partition coefficient (Wildman–Crippen LogP) is 1.88. The van der Waals surface area contributed by atoms with E-state index in [0.29, 0.717) is 11.0 Å². The molecule has 0 saturated carbocycles. The SMILES string of the molecule is CCOC(=O)C(CSC1Cc2ccccc2C1)N[C@@H](C)C(=O)O. The lowest BCUT2D eigenvalue weighted by Gasteiger charge is -2.21. The van der Waals surface area contributed by atoms with Gasteiger partial charge in [-0.2, -0.15) is 11.8 Å². The molecular formula is C17H23NO4S. The van der Waals surface area contributed by atoms with Gasteiger partial charge in [0.25, 0.3) is 0 Å². The van der Waals surface area contributed by atoms with Crippen LogP contribution in [0.15, 0.2) is 24.3 Å². The van der Waals surface area contributed by atoms with E-state index in [1.807, 2.05) is 12.1 Å². The molecule has 1 aromatic carbocycles. The van der Waals surface area contributed by atoms with Crippen LogP contribution in [0.25, 0.3) is 0 Å². The average Bonchev–Trinajstić information content (AvgIpc) is 2.93. The maximum atomic E-state index is 12.0. The zero-order valence-electron chi connectivity index (χ0n) is 13.5. The van der Waals surface area contributed by atoms with Gasteiger partial charge in [-0.25, -0.2) is 0 Å². The molecule has 0 amide bonds. The number of hydrogen-bond acceptors (Lipinski definition) is 5. The number of carboxylic acid groups (broad SMARTS) is 1. The van der Waals surface area contributed by atoms with Gasteiger partial charge in [-0.3, -0.25) is 14.9 Å². The number of carbonyl (C=O) groups is 2. The zero-order valence-corrected chi connectivity index (χ0v) is 14.3.